The molecule has 1 amide bonds. The zero-order chi connectivity index (χ0) is 17.7. The third-order valence-electron chi connectivity index (χ3n) is 4.37. The standard InChI is InChI=1S/C17H26ClN3O3/c1-20(2)10-8-19-12-17(24)7-9-21(11-15(17)22)16(23)13-3-5-14(18)6-4-13/h3-6,15,19,22,24H,7-12H2,1-2H3/t15-,17-/m0/s1. The number of aliphatic hydroxyl groups is 2. The molecular weight excluding hydrogens is 330 g/mol. The van der Waals surface area contributed by atoms with Crippen LogP contribution in [0, 0.1) is 0 Å². The second-order valence-electron chi connectivity index (χ2n) is 6.61. The van der Waals surface area contributed by atoms with Crippen LogP contribution < -0.4 is 5.32 Å². The Hall–Kier alpha value is -1.18. The molecule has 1 saturated heterocycles. The van der Waals surface area contributed by atoms with Crippen LogP contribution in [0.2, 0.25) is 5.02 Å². The zero-order valence-electron chi connectivity index (χ0n) is 14.2. The minimum absolute atomic E-state index is 0.118. The van der Waals surface area contributed by atoms with Gasteiger partial charge in [-0.05, 0) is 44.8 Å². The van der Waals surface area contributed by atoms with Gasteiger partial charge in [-0.1, -0.05) is 11.6 Å². The monoisotopic (exact) mass is 355 g/mol. The Labute approximate surface area is 148 Å². The highest BCUT2D eigenvalue weighted by Gasteiger charge is 2.41. The van der Waals surface area contributed by atoms with E-state index >= 15 is 0 Å². The van der Waals surface area contributed by atoms with Crippen LogP contribution in [-0.4, -0.2) is 84.4 Å². The van der Waals surface area contributed by atoms with Crippen molar-refractivity contribution < 1.29 is 15.0 Å². The van der Waals surface area contributed by atoms with Gasteiger partial charge < -0.3 is 25.3 Å². The molecule has 0 saturated carbocycles. The van der Waals surface area contributed by atoms with E-state index in [0.717, 1.165) is 13.1 Å². The fourth-order valence-electron chi connectivity index (χ4n) is 2.74. The van der Waals surface area contributed by atoms with Crippen LogP contribution in [0.15, 0.2) is 24.3 Å². The van der Waals surface area contributed by atoms with Crippen molar-refractivity contribution in [1.29, 1.82) is 0 Å². The van der Waals surface area contributed by atoms with E-state index in [4.69, 9.17) is 11.6 Å². The summed E-state index contributed by atoms with van der Waals surface area (Å²) in [6, 6.07) is 6.67. The molecule has 6 nitrogen and oxygen atoms in total. The van der Waals surface area contributed by atoms with Gasteiger partial charge in [0.15, 0.2) is 0 Å². The Morgan fingerprint density at radius 1 is 1.42 bits per heavy atom. The minimum atomic E-state index is -1.21. The van der Waals surface area contributed by atoms with Gasteiger partial charge in [0.25, 0.3) is 5.91 Å². The van der Waals surface area contributed by atoms with E-state index < -0.39 is 11.7 Å². The number of benzene rings is 1. The third kappa shape index (κ3) is 4.91. The maximum atomic E-state index is 12.5. The van der Waals surface area contributed by atoms with Crippen LogP contribution in [0.3, 0.4) is 0 Å². The van der Waals surface area contributed by atoms with Gasteiger partial charge in [-0.25, -0.2) is 0 Å². The molecular formula is C17H26ClN3O3. The summed E-state index contributed by atoms with van der Waals surface area (Å²) < 4.78 is 0. The molecule has 1 fully saturated rings. The molecule has 0 unspecified atom stereocenters. The molecule has 7 heteroatoms. The van der Waals surface area contributed by atoms with Crippen LogP contribution >= 0.6 is 11.6 Å². The first-order valence-electron chi connectivity index (χ1n) is 8.12. The summed E-state index contributed by atoms with van der Waals surface area (Å²) in [6.45, 7) is 2.42. The second kappa shape index (κ2) is 8.27. The van der Waals surface area contributed by atoms with Crippen molar-refractivity contribution in [3.8, 4) is 0 Å². The zero-order valence-corrected chi connectivity index (χ0v) is 15.0. The van der Waals surface area contributed by atoms with Crippen LogP contribution in [-0.2, 0) is 0 Å². The van der Waals surface area contributed by atoms with E-state index in [-0.39, 0.29) is 12.5 Å². The number of β-amino-alcohol motifs (C(OH)–C–C–N with tert-alkyl or cyclic N) is 1. The van der Waals surface area contributed by atoms with Crippen LogP contribution in [0.4, 0.5) is 0 Å². The Balaban J connectivity index is 1.89. The van der Waals surface area contributed by atoms with Crippen molar-refractivity contribution in [1.82, 2.24) is 15.1 Å². The van der Waals surface area contributed by atoms with Gasteiger partial charge in [0.1, 0.15) is 11.7 Å². The van der Waals surface area contributed by atoms with E-state index in [1.807, 2.05) is 19.0 Å². The lowest BCUT2D eigenvalue weighted by molar-refractivity contribution is -0.110. The fourth-order valence-corrected chi connectivity index (χ4v) is 2.86. The number of amides is 1. The Morgan fingerprint density at radius 3 is 2.67 bits per heavy atom. The van der Waals surface area contributed by atoms with Gasteiger partial charge in [0, 0.05) is 43.3 Å². The molecule has 0 radical (unpaired) electrons. The van der Waals surface area contributed by atoms with E-state index in [1.54, 1.807) is 29.2 Å². The number of carbonyl (C=O) groups excluding carboxylic acids is 1. The first kappa shape index (κ1) is 19.1. The summed E-state index contributed by atoms with van der Waals surface area (Å²) in [7, 11) is 3.96. The first-order chi connectivity index (χ1) is 11.3. The molecule has 1 aromatic carbocycles. The summed E-state index contributed by atoms with van der Waals surface area (Å²) in [5.74, 6) is -0.159. The van der Waals surface area contributed by atoms with Gasteiger partial charge in [0.05, 0.1) is 0 Å². The summed E-state index contributed by atoms with van der Waals surface area (Å²) >= 11 is 5.83. The number of hydrogen-bond acceptors (Lipinski definition) is 5. The molecule has 1 aliphatic heterocycles. The van der Waals surface area contributed by atoms with Crippen LogP contribution in [0.1, 0.15) is 16.8 Å². The molecule has 134 valence electrons. The summed E-state index contributed by atoms with van der Waals surface area (Å²) in [5, 5.41) is 24.7. The third-order valence-corrected chi connectivity index (χ3v) is 4.63. The number of carbonyl (C=O) groups is 1. The van der Waals surface area contributed by atoms with Crippen molar-refractivity contribution in [2.75, 3.05) is 46.8 Å². The minimum Gasteiger partial charge on any atom is -0.388 e. The summed E-state index contributed by atoms with van der Waals surface area (Å²) in [5.41, 5.74) is -0.676. The van der Waals surface area contributed by atoms with Crippen LogP contribution in [0.5, 0.6) is 0 Å². The summed E-state index contributed by atoms with van der Waals surface area (Å²) in [6.07, 6.45) is -0.642. The maximum Gasteiger partial charge on any atom is 0.253 e. The predicted molar refractivity (Wildman–Crippen MR) is 94.4 cm³/mol. The molecule has 0 spiro atoms. The molecule has 0 aliphatic carbocycles. The van der Waals surface area contributed by atoms with Crippen molar-refractivity contribution in [2.24, 2.45) is 0 Å². The molecule has 0 bridgehead atoms. The van der Waals surface area contributed by atoms with Gasteiger partial charge in [0.2, 0.25) is 0 Å². The first-order valence-corrected chi connectivity index (χ1v) is 8.50. The number of likely N-dealkylation sites (N-methyl/N-ethyl adjacent to an activating group) is 1. The smallest absolute Gasteiger partial charge is 0.253 e. The molecule has 0 aromatic heterocycles. The van der Waals surface area contributed by atoms with Crippen molar-refractivity contribution in [3.63, 3.8) is 0 Å². The second-order valence-corrected chi connectivity index (χ2v) is 7.04. The predicted octanol–water partition coefficient (Wildman–Crippen LogP) is 0.429. The molecule has 1 heterocycles. The highest BCUT2D eigenvalue weighted by molar-refractivity contribution is 6.30. The number of likely N-dealkylation sites (tertiary alicyclic amines) is 1. The molecule has 2 rings (SSSR count). The van der Waals surface area contributed by atoms with E-state index in [0.29, 0.717) is 30.1 Å². The number of piperidine rings is 1. The highest BCUT2D eigenvalue weighted by Crippen LogP contribution is 2.24. The fraction of sp³-hybridized carbons (Fsp3) is 0.588. The van der Waals surface area contributed by atoms with Crippen molar-refractivity contribution in [3.05, 3.63) is 34.9 Å². The Morgan fingerprint density at radius 2 is 2.08 bits per heavy atom. The van der Waals surface area contributed by atoms with Crippen LogP contribution in [0.25, 0.3) is 0 Å². The number of nitrogens with zero attached hydrogens (tertiary/aromatic N) is 2. The molecule has 1 aromatic rings. The average Bonchev–Trinajstić information content (AvgIpc) is 2.54. The lowest BCUT2D eigenvalue weighted by atomic mass is 9.88. The van der Waals surface area contributed by atoms with Gasteiger partial charge in [-0.15, -0.1) is 0 Å². The number of nitrogens with one attached hydrogen (secondary N) is 1. The van der Waals surface area contributed by atoms with E-state index in [2.05, 4.69) is 5.32 Å². The number of aliphatic hydroxyl groups excluding tert-OH is 1. The number of rotatable bonds is 6. The van der Waals surface area contributed by atoms with Gasteiger partial charge in [-0.2, -0.15) is 0 Å². The largest absolute Gasteiger partial charge is 0.388 e. The topological polar surface area (TPSA) is 76.0 Å². The lowest BCUT2D eigenvalue weighted by Gasteiger charge is -2.42. The average molecular weight is 356 g/mol. The maximum absolute atomic E-state index is 12.5. The number of halogens is 1. The SMILES string of the molecule is CN(C)CCNC[C@@]1(O)CCN(C(=O)c2ccc(Cl)cc2)C[C@@H]1O. The lowest BCUT2D eigenvalue weighted by Crippen LogP contribution is -2.60. The van der Waals surface area contributed by atoms with E-state index in [9.17, 15) is 15.0 Å². The molecule has 2 atom stereocenters. The van der Waals surface area contributed by atoms with Gasteiger partial charge >= 0.3 is 0 Å². The molecule has 1 aliphatic rings. The molecule has 24 heavy (non-hydrogen) atoms. The van der Waals surface area contributed by atoms with Crippen molar-refractivity contribution >= 4 is 17.5 Å². The Bertz CT molecular complexity index is 553. The Kier molecular flexibility index (Phi) is 6.60. The normalized spacial score (nSPS) is 24.4. The quantitative estimate of drug-likeness (QED) is 0.645. The highest BCUT2D eigenvalue weighted by atomic mass is 35.5. The van der Waals surface area contributed by atoms with E-state index in [1.165, 1.54) is 0 Å². The number of hydrogen-bond donors (Lipinski definition) is 3. The van der Waals surface area contributed by atoms with Gasteiger partial charge in [-0.3, -0.25) is 4.79 Å². The summed E-state index contributed by atoms with van der Waals surface area (Å²) in [4.78, 5) is 16.1. The van der Waals surface area contributed by atoms with Crippen molar-refractivity contribution in [2.45, 2.75) is 18.1 Å². The molecule has 3 N–H and O–H groups in total.